The molecule has 1 aromatic heterocycles. The van der Waals surface area contributed by atoms with Gasteiger partial charge in [-0.15, -0.1) is 0 Å². The zero-order valence-corrected chi connectivity index (χ0v) is 10.8. The molecule has 0 amide bonds. The van der Waals surface area contributed by atoms with Gasteiger partial charge in [0, 0.05) is 22.2 Å². The summed E-state index contributed by atoms with van der Waals surface area (Å²) in [6, 6.07) is 7.47. The molecule has 0 aliphatic heterocycles. The standard InChI is InChI=1S/C14H16ClNO/c1-9(2)8-13(17)11-5-6-12(15)10-4-3-7-16-14(10)11/h3-7,9,13,17H,8H2,1-2H3. The molecule has 1 atom stereocenters. The fraction of sp³-hybridized carbons (Fsp3) is 0.357. The zero-order valence-electron chi connectivity index (χ0n) is 10.0. The van der Waals surface area contributed by atoms with E-state index < -0.39 is 6.10 Å². The van der Waals surface area contributed by atoms with Crippen LogP contribution in [0.3, 0.4) is 0 Å². The van der Waals surface area contributed by atoms with Crippen molar-refractivity contribution < 1.29 is 5.11 Å². The van der Waals surface area contributed by atoms with Gasteiger partial charge in [0.1, 0.15) is 0 Å². The molecular formula is C14H16ClNO. The smallest absolute Gasteiger partial charge is 0.0813 e. The van der Waals surface area contributed by atoms with Gasteiger partial charge in [-0.1, -0.05) is 31.5 Å². The van der Waals surface area contributed by atoms with Gasteiger partial charge < -0.3 is 5.11 Å². The predicted octanol–water partition coefficient (Wildman–Crippen LogP) is 3.97. The molecule has 1 unspecified atom stereocenters. The summed E-state index contributed by atoms with van der Waals surface area (Å²) in [5.74, 6) is 0.444. The summed E-state index contributed by atoms with van der Waals surface area (Å²) in [6.45, 7) is 4.18. The second kappa shape index (κ2) is 5.03. The minimum Gasteiger partial charge on any atom is -0.388 e. The van der Waals surface area contributed by atoms with Crippen LogP contribution in [0.15, 0.2) is 30.5 Å². The third kappa shape index (κ3) is 2.59. The van der Waals surface area contributed by atoms with Crippen molar-refractivity contribution in [2.45, 2.75) is 26.4 Å². The van der Waals surface area contributed by atoms with Crippen molar-refractivity contribution in [1.82, 2.24) is 4.98 Å². The first-order valence-corrected chi connectivity index (χ1v) is 6.18. The lowest BCUT2D eigenvalue weighted by molar-refractivity contribution is 0.152. The molecule has 0 fully saturated rings. The average molecular weight is 250 g/mol. The number of hydrogen-bond donors (Lipinski definition) is 1. The SMILES string of the molecule is CC(C)CC(O)c1ccc(Cl)c2cccnc12. The van der Waals surface area contributed by atoms with Gasteiger partial charge in [-0.05, 0) is 30.5 Å². The van der Waals surface area contributed by atoms with Crippen LogP contribution in [0.2, 0.25) is 5.02 Å². The highest BCUT2D eigenvalue weighted by Gasteiger charge is 2.14. The number of benzene rings is 1. The van der Waals surface area contributed by atoms with Crippen molar-refractivity contribution in [3.05, 3.63) is 41.0 Å². The third-order valence-electron chi connectivity index (χ3n) is 2.80. The number of pyridine rings is 1. The van der Waals surface area contributed by atoms with E-state index in [4.69, 9.17) is 11.6 Å². The highest BCUT2D eigenvalue weighted by atomic mass is 35.5. The zero-order chi connectivity index (χ0) is 12.4. The van der Waals surface area contributed by atoms with Gasteiger partial charge in [-0.25, -0.2) is 0 Å². The van der Waals surface area contributed by atoms with E-state index in [1.54, 1.807) is 6.20 Å². The Hall–Kier alpha value is -1.12. The summed E-state index contributed by atoms with van der Waals surface area (Å²) in [4.78, 5) is 4.33. The van der Waals surface area contributed by atoms with E-state index in [1.165, 1.54) is 0 Å². The van der Waals surface area contributed by atoms with Gasteiger partial charge >= 0.3 is 0 Å². The molecule has 0 radical (unpaired) electrons. The van der Waals surface area contributed by atoms with Crippen LogP contribution in [0.1, 0.15) is 31.9 Å². The first-order chi connectivity index (χ1) is 8.09. The molecule has 0 spiro atoms. The van der Waals surface area contributed by atoms with Crippen molar-refractivity contribution in [3.63, 3.8) is 0 Å². The Balaban J connectivity index is 2.51. The third-order valence-corrected chi connectivity index (χ3v) is 3.13. The van der Waals surface area contributed by atoms with Gasteiger partial charge in [0.05, 0.1) is 11.6 Å². The van der Waals surface area contributed by atoms with E-state index in [-0.39, 0.29) is 0 Å². The number of aliphatic hydroxyl groups excluding tert-OH is 1. The molecule has 2 rings (SSSR count). The lowest BCUT2D eigenvalue weighted by Crippen LogP contribution is -2.03. The Kier molecular flexibility index (Phi) is 3.65. The van der Waals surface area contributed by atoms with Crippen molar-refractivity contribution in [2.75, 3.05) is 0 Å². The fourth-order valence-corrected chi connectivity index (χ4v) is 2.22. The first kappa shape index (κ1) is 12.3. The molecule has 0 aliphatic rings. The van der Waals surface area contributed by atoms with Gasteiger partial charge in [0.25, 0.3) is 0 Å². The molecule has 0 saturated heterocycles. The number of halogens is 1. The maximum atomic E-state index is 10.2. The van der Waals surface area contributed by atoms with Gasteiger partial charge in [-0.3, -0.25) is 4.98 Å². The number of fused-ring (bicyclic) bond motifs is 1. The van der Waals surface area contributed by atoms with Crippen LogP contribution in [-0.2, 0) is 0 Å². The molecule has 17 heavy (non-hydrogen) atoms. The van der Waals surface area contributed by atoms with Crippen LogP contribution in [0.4, 0.5) is 0 Å². The minimum absolute atomic E-state index is 0.444. The number of aliphatic hydroxyl groups is 1. The molecule has 1 N–H and O–H groups in total. The molecule has 1 aromatic carbocycles. The van der Waals surface area contributed by atoms with Crippen LogP contribution in [-0.4, -0.2) is 10.1 Å². The van der Waals surface area contributed by atoms with E-state index in [9.17, 15) is 5.11 Å². The molecule has 2 nitrogen and oxygen atoms in total. The topological polar surface area (TPSA) is 33.1 Å². The van der Waals surface area contributed by atoms with Crippen LogP contribution in [0.5, 0.6) is 0 Å². The van der Waals surface area contributed by atoms with Crippen molar-refractivity contribution in [3.8, 4) is 0 Å². The van der Waals surface area contributed by atoms with E-state index >= 15 is 0 Å². The fourth-order valence-electron chi connectivity index (χ4n) is 2.00. The summed E-state index contributed by atoms with van der Waals surface area (Å²) in [7, 11) is 0. The van der Waals surface area contributed by atoms with E-state index in [0.717, 1.165) is 22.9 Å². The van der Waals surface area contributed by atoms with E-state index in [0.29, 0.717) is 10.9 Å². The van der Waals surface area contributed by atoms with E-state index in [1.807, 2.05) is 24.3 Å². The van der Waals surface area contributed by atoms with Crippen LogP contribution < -0.4 is 0 Å². The Morgan fingerprint density at radius 1 is 1.29 bits per heavy atom. The highest BCUT2D eigenvalue weighted by Crippen LogP contribution is 2.30. The lowest BCUT2D eigenvalue weighted by Gasteiger charge is -2.15. The van der Waals surface area contributed by atoms with Crippen LogP contribution in [0, 0.1) is 5.92 Å². The number of hydrogen-bond acceptors (Lipinski definition) is 2. The minimum atomic E-state index is -0.482. The summed E-state index contributed by atoms with van der Waals surface area (Å²) in [5, 5.41) is 11.8. The maximum absolute atomic E-state index is 10.2. The van der Waals surface area contributed by atoms with Crippen molar-refractivity contribution >= 4 is 22.5 Å². The summed E-state index contributed by atoms with van der Waals surface area (Å²) >= 11 is 6.12. The Bertz CT molecular complexity index is 525. The number of nitrogens with zero attached hydrogens (tertiary/aromatic N) is 1. The second-order valence-corrected chi connectivity index (χ2v) is 5.09. The van der Waals surface area contributed by atoms with Crippen molar-refractivity contribution in [2.24, 2.45) is 5.92 Å². The Morgan fingerprint density at radius 2 is 2.06 bits per heavy atom. The second-order valence-electron chi connectivity index (χ2n) is 4.68. The lowest BCUT2D eigenvalue weighted by atomic mass is 9.97. The molecule has 0 saturated carbocycles. The van der Waals surface area contributed by atoms with Crippen LogP contribution >= 0.6 is 11.6 Å². The molecule has 0 bridgehead atoms. The van der Waals surface area contributed by atoms with Gasteiger partial charge in [-0.2, -0.15) is 0 Å². The normalized spacial score (nSPS) is 13.2. The van der Waals surface area contributed by atoms with Gasteiger partial charge in [0.15, 0.2) is 0 Å². The van der Waals surface area contributed by atoms with Gasteiger partial charge in [0.2, 0.25) is 0 Å². The summed E-state index contributed by atoms with van der Waals surface area (Å²) in [6.07, 6.45) is 1.97. The predicted molar refractivity (Wildman–Crippen MR) is 71.2 cm³/mol. The molecule has 2 aromatic rings. The first-order valence-electron chi connectivity index (χ1n) is 5.80. The quantitative estimate of drug-likeness (QED) is 0.893. The average Bonchev–Trinajstić information content (AvgIpc) is 2.29. The number of aromatic nitrogens is 1. The molecule has 1 heterocycles. The van der Waals surface area contributed by atoms with Crippen molar-refractivity contribution in [1.29, 1.82) is 0 Å². The maximum Gasteiger partial charge on any atom is 0.0813 e. The summed E-state index contributed by atoms with van der Waals surface area (Å²) in [5.41, 5.74) is 1.66. The molecule has 90 valence electrons. The summed E-state index contributed by atoms with van der Waals surface area (Å²) < 4.78 is 0. The highest BCUT2D eigenvalue weighted by molar-refractivity contribution is 6.35. The number of rotatable bonds is 3. The Labute approximate surface area is 106 Å². The van der Waals surface area contributed by atoms with Crippen LogP contribution in [0.25, 0.3) is 10.9 Å². The monoisotopic (exact) mass is 249 g/mol. The van der Waals surface area contributed by atoms with E-state index in [2.05, 4.69) is 18.8 Å². The largest absolute Gasteiger partial charge is 0.388 e. The Morgan fingerprint density at radius 3 is 2.76 bits per heavy atom. The molecule has 3 heteroatoms. The molecular weight excluding hydrogens is 234 g/mol. The molecule has 0 aliphatic carbocycles.